The summed E-state index contributed by atoms with van der Waals surface area (Å²) in [6.45, 7) is 1.68. The van der Waals surface area contributed by atoms with Gasteiger partial charge in [-0.25, -0.2) is 19.2 Å². The van der Waals surface area contributed by atoms with Crippen LogP contribution in [0.15, 0.2) is 18.5 Å². The maximum atomic E-state index is 13.5. The summed E-state index contributed by atoms with van der Waals surface area (Å²) in [5, 5.41) is 9.72. The largest absolute Gasteiger partial charge is 0.453 e. The zero-order valence-electron chi connectivity index (χ0n) is 10.3. The molecule has 0 aliphatic rings. The minimum absolute atomic E-state index is 0.0288. The fraction of sp³-hybridized carbons (Fsp3) is 0.182. The van der Waals surface area contributed by atoms with Crippen molar-refractivity contribution in [2.45, 2.75) is 6.92 Å². The smallest absolute Gasteiger partial charge is 0.447 e. The summed E-state index contributed by atoms with van der Waals surface area (Å²) < 4.78 is 18.0. The van der Waals surface area contributed by atoms with Crippen molar-refractivity contribution in [3.8, 4) is 0 Å². The minimum atomic E-state index is -1.02. The molecule has 20 heavy (non-hydrogen) atoms. The van der Waals surface area contributed by atoms with Gasteiger partial charge in [-0.2, -0.15) is 0 Å². The molecule has 1 heterocycles. The van der Waals surface area contributed by atoms with Crippen molar-refractivity contribution in [1.29, 1.82) is 0 Å². The number of amides is 1. The van der Waals surface area contributed by atoms with Gasteiger partial charge in [0.15, 0.2) is 5.82 Å². The number of aromatic nitrogens is 2. The number of benzene rings is 1. The Morgan fingerprint density at radius 1 is 1.55 bits per heavy atom. The van der Waals surface area contributed by atoms with Crippen molar-refractivity contribution in [3.05, 3.63) is 29.3 Å². The molecule has 2 rings (SSSR count). The van der Waals surface area contributed by atoms with Crippen LogP contribution in [0.25, 0.3) is 10.9 Å². The molecule has 0 aliphatic heterocycles. The van der Waals surface area contributed by atoms with Crippen LogP contribution in [0, 0.1) is 5.82 Å². The van der Waals surface area contributed by atoms with Gasteiger partial charge in [0.1, 0.15) is 12.1 Å². The highest BCUT2D eigenvalue weighted by molar-refractivity contribution is 6.31. The number of halogens is 2. The molecule has 0 spiro atoms. The first-order chi connectivity index (χ1) is 9.52. The van der Waals surface area contributed by atoms with Crippen molar-refractivity contribution in [1.82, 2.24) is 15.1 Å². The number of carbonyl (C=O) groups is 1. The van der Waals surface area contributed by atoms with Gasteiger partial charge in [-0.3, -0.25) is 10.6 Å². The second-order valence-electron chi connectivity index (χ2n) is 3.63. The van der Waals surface area contributed by atoms with E-state index in [9.17, 15) is 14.4 Å². The molecule has 0 fully saturated rings. The summed E-state index contributed by atoms with van der Waals surface area (Å²) in [6.07, 6.45) is 0.159. The Morgan fingerprint density at radius 2 is 2.30 bits per heavy atom. The molecule has 7 nitrogen and oxygen atoms in total. The summed E-state index contributed by atoms with van der Waals surface area (Å²) in [7, 11) is 0. The van der Waals surface area contributed by atoms with E-state index in [-0.39, 0.29) is 28.0 Å². The van der Waals surface area contributed by atoms with E-state index in [1.165, 1.54) is 12.4 Å². The van der Waals surface area contributed by atoms with Crippen LogP contribution in [0.3, 0.4) is 0 Å². The first-order valence-electron chi connectivity index (χ1n) is 5.55. The molecule has 106 valence electrons. The Bertz CT molecular complexity index is 655. The van der Waals surface area contributed by atoms with Crippen LogP contribution in [-0.4, -0.2) is 33.0 Å². The predicted octanol–water partition coefficient (Wildman–Crippen LogP) is 2.60. The molecule has 1 amide bonds. The highest BCUT2D eigenvalue weighted by Crippen LogP contribution is 2.25. The lowest BCUT2D eigenvalue weighted by Crippen LogP contribution is -2.34. The van der Waals surface area contributed by atoms with Gasteiger partial charge in [0.05, 0.1) is 17.1 Å². The molecule has 9 heteroatoms. The molecular formula is C11H10ClFN4O3. The van der Waals surface area contributed by atoms with Crippen LogP contribution in [-0.2, 0) is 4.74 Å². The fourth-order valence-corrected chi connectivity index (χ4v) is 1.63. The molecule has 2 aromatic rings. The van der Waals surface area contributed by atoms with E-state index in [1.54, 1.807) is 6.92 Å². The number of hydrogen-bond acceptors (Lipinski definition) is 6. The number of ether oxygens (including phenoxy) is 1. The molecule has 1 aromatic heterocycles. The summed E-state index contributed by atoms with van der Waals surface area (Å²) in [5.41, 5.74) is 2.62. The third kappa shape index (κ3) is 2.86. The molecule has 0 unspecified atom stereocenters. The van der Waals surface area contributed by atoms with E-state index in [4.69, 9.17) is 11.6 Å². The number of nitrogens with zero attached hydrogens (tertiary/aromatic N) is 3. The van der Waals surface area contributed by atoms with Gasteiger partial charge in [-0.15, -0.1) is 0 Å². The van der Waals surface area contributed by atoms with Gasteiger partial charge in [-0.1, -0.05) is 16.8 Å². The third-order valence-corrected chi connectivity index (χ3v) is 2.62. The molecule has 2 N–H and O–H groups in total. The van der Waals surface area contributed by atoms with Crippen molar-refractivity contribution in [3.63, 3.8) is 0 Å². The zero-order valence-corrected chi connectivity index (χ0v) is 11.1. The molecule has 0 atom stereocenters. The summed E-state index contributed by atoms with van der Waals surface area (Å²) in [4.78, 5) is 19.0. The molecular weight excluding hydrogens is 291 g/mol. The average Bonchev–Trinajstić information content (AvgIpc) is 2.41. The quantitative estimate of drug-likeness (QED) is 0.669. The molecule has 1 aromatic carbocycles. The topological polar surface area (TPSA) is 87.6 Å². The van der Waals surface area contributed by atoms with Crippen LogP contribution in [0.2, 0.25) is 5.02 Å². The average molecular weight is 301 g/mol. The number of carbonyl (C=O) groups excluding carboxylic acids is 1. The number of hydrogen-bond donors (Lipinski definition) is 2. The lowest BCUT2D eigenvalue weighted by atomic mass is 10.2. The van der Waals surface area contributed by atoms with E-state index in [0.717, 1.165) is 6.07 Å². The maximum Gasteiger partial charge on any atom is 0.453 e. The maximum absolute atomic E-state index is 13.5. The standard InChI is InChI=1S/C11H10ClFN4O3/c1-2-20-11(18)17(19)16-10-6-3-8(13)7(12)4-9(6)14-5-15-10/h3-5,19H,2H2,1H3,(H,14,15,16). The predicted molar refractivity (Wildman–Crippen MR) is 68.8 cm³/mol. The molecule has 0 saturated heterocycles. The lowest BCUT2D eigenvalue weighted by Gasteiger charge is -2.16. The molecule has 0 radical (unpaired) electrons. The Hall–Kier alpha value is -2.19. The fourth-order valence-electron chi connectivity index (χ4n) is 1.47. The lowest BCUT2D eigenvalue weighted by molar-refractivity contribution is -0.0528. The van der Waals surface area contributed by atoms with Crippen LogP contribution >= 0.6 is 11.6 Å². The van der Waals surface area contributed by atoms with Gasteiger partial charge in [0.25, 0.3) is 0 Å². The molecule has 0 aliphatic carbocycles. The Morgan fingerprint density at radius 3 is 3.00 bits per heavy atom. The van der Waals surface area contributed by atoms with E-state index in [0.29, 0.717) is 5.52 Å². The minimum Gasteiger partial charge on any atom is -0.447 e. The van der Waals surface area contributed by atoms with E-state index < -0.39 is 11.9 Å². The van der Waals surface area contributed by atoms with Crippen LogP contribution in [0.4, 0.5) is 15.0 Å². The van der Waals surface area contributed by atoms with Gasteiger partial charge in [0, 0.05) is 5.39 Å². The second-order valence-corrected chi connectivity index (χ2v) is 4.04. The normalized spacial score (nSPS) is 10.4. The number of anilines is 1. The van der Waals surface area contributed by atoms with Crippen LogP contribution in [0.1, 0.15) is 6.92 Å². The van der Waals surface area contributed by atoms with Crippen LogP contribution in [0.5, 0.6) is 0 Å². The first kappa shape index (κ1) is 14.2. The molecule has 0 saturated carbocycles. The number of fused-ring (bicyclic) bond motifs is 1. The van der Waals surface area contributed by atoms with Crippen molar-refractivity contribution in [2.75, 3.05) is 12.0 Å². The van der Waals surface area contributed by atoms with Crippen molar-refractivity contribution < 1.29 is 19.1 Å². The van der Waals surface area contributed by atoms with Gasteiger partial charge in [-0.05, 0) is 19.1 Å². The van der Waals surface area contributed by atoms with Crippen molar-refractivity contribution >= 4 is 34.4 Å². The van der Waals surface area contributed by atoms with E-state index in [1.807, 2.05) is 0 Å². The summed E-state index contributed by atoms with van der Waals surface area (Å²) >= 11 is 5.65. The van der Waals surface area contributed by atoms with Gasteiger partial charge < -0.3 is 4.74 Å². The Labute approximate surface area is 117 Å². The number of rotatable bonds is 3. The highest BCUT2D eigenvalue weighted by Gasteiger charge is 2.15. The second kappa shape index (κ2) is 5.85. The zero-order chi connectivity index (χ0) is 14.7. The Kier molecular flexibility index (Phi) is 4.16. The first-order valence-corrected chi connectivity index (χ1v) is 5.93. The number of hydroxylamine groups is 1. The monoisotopic (exact) mass is 300 g/mol. The van der Waals surface area contributed by atoms with E-state index in [2.05, 4.69) is 20.1 Å². The third-order valence-electron chi connectivity index (χ3n) is 2.33. The number of nitrogens with one attached hydrogen (secondary N) is 1. The van der Waals surface area contributed by atoms with Crippen LogP contribution < -0.4 is 5.43 Å². The van der Waals surface area contributed by atoms with E-state index >= 15 is 0 Å². The summed E-state index contributed by atoms with van der Waals surface area (Å²) in [5.74, 6) is -0.640. The Balaban J connectivity index is 2.35. The van der Waals surface area contributed by atoms with Crippen molar-refractivity contribution in [2.24, 2.45) is 0 Å². The SMILES string of the molecule is CCOC(=O)N(O)Nc1ncnc2cc(Cl)c(F)cc12. The summed E-state index contributed by atoms with van der Waals surface area (Å²) in [6, 6.07) is 2.41. The molecule has 0 bridgehead atoms. The van der Waals surface area contributed by atoms with Gasteiger partial charge in [0.2, 0.25) is 0 Å². The number of hydrazine groups is 1. The highest BCUT2D eigenvalue weighted by atomic mass is 35.5. The van der Waals surface area contributed by atoms with Gasteiger partial charge >= 0.3 is 6.09 Å².